The molecule has 0 unspecified atom stereocenters. The zero-order valence-electron chi connectivity index (χ0n) is 16.4. The molecular formula is C22H23N3O4. The third-order valence-electron chi connectivity index (χ3n) is 5.09. The average molecular weight is 393 g/mol. The van der Waals surface area contributed by atoms with Crippen LogP contribution in [0.5, 0.6) is 0 Å². The Bertz CT molecular complexity index is 940. The topological polar surface area (TPSA) is 95.6 Å². The lowest BCUT2D eigenvalue weighted by atomic mass is 9.87. The van der Waals surface area contributed by atoms with Gasteiger partial charge in [-0.3, -0.25) is 19.3 Å². The van der Waals surface area contributed by atoms with Gasteiger partial charge in [-0.2, -0.15) is 0 Å². The molecule has 1 saturated heterocycles. The van der Waals surface area contributed by atoms with E-state index in [0.717, 1.165) is 4.90 Å². The van der Waals surface area contributed by atoms with Crippen LogP contribution in [-0.2, 0) is 15.1 Å². The van der Waals surface area contributed by atoms with Crippen LogP contribution in [0.25, 0.3) is 0 Å². The van der Waals surface area contributed by atoms with Crippen LogP contribution in [0.3, 0.4) is 0 Å². The maximum absolute atomic E-state index is 13.1. The number of ketones is 1. The number of Topliss-reactive ketones (excluding diaryl/α,β-unsaturated/α-hetero) is 1. The van der Waals surface area contributed by atoms with Gasteiger partial charge in [0.15, 0.2) is 5.78 Å². The number of nitrogens with one attached hydrogen (secondary N) is 2. The number of rotatable bonds is 7. The molecule has 1 heterocycles. The van der Waals surface area contributed by atoms with Gasteiger partial charge in [0.25, 0.3) is 5.91 Å². The molecular weight excluding hydrogens is 370 g/mol. The summed E-state index contributed by atoms with van der Waals surface area (Å²) in [5, 5.41) is 5.47. The zero-order valence-corrected chi connectivity index (χ0v) is 16.4. The molecule has 4 amide bonds. The molecule has 1 aliphatic rings. The van der Waals surface area contributed by atoms with Crippen LogP contribution in [0.2, 0.25) is 0 Å². The Morgan fingerprint density at radius 1 is 1.00 bits per heavy atom. The van der Waals surface area contributed by atoms with E-state index in [2.05, 4.69) is 10.6 Å². The normalized spacial score (nSPS) is 18.5. The van der Waals surface area contributed by atoms with Gasteiger partial charge >= 0.3 is 6.03 Å². The smallest absolute Gasteiger partial charge is 0.325 e. The van der Waals surface area contributed by atoms with Crippen molar-refractivity contribution in [2.24, 2.45) is 0 Å². The van der Waals surface area contributed by atoms with Crippen LogP contribution < -0.4 is 10.6 Å². The third kappa shape index (κ3) is 3.89. The van der Waals surface area contributed by atoms with Crippen LogP contribution in [-0.4, -0.2) is 35.1 Å². The number of nitrogens with zero attached hydrogens (tertiary/aromatic N) is 1. The van der Waals surface area contributed by atoms with Gasteiger partial charge in [0, 0.05) is 17.7 Å². The second kappa shape index (κ2) is 8.26. The molecule has 1 fully saturated rings. The first-order chi connectivity index (χ1) is 13.9. The number of amides is 4. The molecule has 0 radical (unpaired) electrons. The molecule has 7 nitrogen and oxygen atoms in total. The van der Waals surface area contributed by atoms with Gasteiger partial charge < -0.3 is 10.6 Å². The van der Waals surface area contributed by atoms with Crippen molar-refractivity contribution in [1.29, 1.82) is 0 Å². The molecule has 2 N–H and O–H groups in total. The summed E-state index contributed by atoms with van der Waals surface area (Å²) in [4.78, 5) is 50.7. The predicted octanol–water partition coefficient (Wildman–Crippen LogP) is 3.08. The van der Waals surface area contributed by atoms with E-state index < -0.39 is 17.5 Å². The zero-order chi connectivity index (χ0) is 21.0. The van der Waals surface area contributed by atoms with Crippen LogP contribution in [0.4, 0.5) is 10.5 Å². The number of hydrogen-bond acceptors (Lipinski definition) is 4. The molecule has 2 aromatic carbocycles. The van der Waals surface area contributed by atoms with Gasteiger partial charge in [0.1, 0.15) is 5.54 Å². The fourth-order valence-corrected chi connectivity index (χ4v) is 3.36. The molecule has 150 valence electrons. The van der Waals surface area contributed by atoms with Crippen molar-refractivity contribution in [3.63, 3.8) is 0 Å². The quantitative estimate of drug-likeness (QED) is 0.558. The monoisotopic (exact) mass is 393 g/mol. The van der Waals surface area contributed by atoms with Crippen LogP contribution in [0.1, 0.15) is 42.6 Å². The molecule has 0 aliphatic carbocycles. The largest absolute Gasteiger partial charge is 0.326 e. The second-order valence-corrected chi connectivity index (χ2v) is 6.85. The minimum atomic E-state index is -1.16. The Balaban J connectivity index is 1.76. The summed E-state index contributed by atoms with van der Waals surface area (Å²) in [6, 6.07) is 14.8. The van der Waals surface area contributed by atoms with E-state index in [9.17, 15) is 19.2 Å². The molecule has 0 spiro atoms. The maximum Gasteiger partial charge on any atom is 0.325 e. The molecule has 0 bridgehead atoms. The Morgan fingerprint density at radius 2 is 1.66 bits per heavy atom. The average Bonchev–Trinajstić information content (AvgIpc) is 2.99. The molecule has 7 heteroatoms. The van der Waals surface area contributed by atoms with Crippen molar-refractivity contribution in [2.45, 2.75) is 32.2 Å². The van der Waals surface area contributed by atoms with Gasteiger partial charge in [0.2, 0.25) is 5.91 Å². The van der Waals surface area contributed by atoms with Crippen molar-refractivity contribution in [3.8, 4) is 0 Å². The highest BCUT2D eigenvalue weighted by molar-refractivity contribution is 6.11. The fourth-order valence-electron chi connectivity index (χ4n) is 3.36. The number of benzene rings is 2. The SMILES string of the molecule is CCC(=O)Nc1ccc(C(=O)CN2C(=O)N[C@](CC)(c3ccccc3)C2=O)cc1. The number of carbonyl (C=O) groups excluding carboxylic acids is 4. The molecule has 1 atom stereocenters. The molecule has 1 aliphatic heterocycles. The first-order valence-electron chi connectivity index (χ1n) is 9.54. The third-order valence-corrected chi connectivity index (χ3v) is 5.09. The summed E-state index contributed by atoms with van der Waals surface area (Å²) < 4.78 is 0. The summed E-state index contributed by atoms with van der Waals surface area (Å²) in [5.74, 6) is -0.918. The standard InChI is InChI=1S/C22H23N3O4/c1-3-19(27)23-17-12-10-15(11-13-17)18(26)14-25-20(28)22(4-2,24-21(25)29)16-8-6-5-7-9-16/h5-13H,3-4,14H2,1-2H3,(H,23,27)(H,24,29)/t22-/m1/s1. The first kappa shape index (κ1) is 20.3. The fraction of sp³-hybridized carbons (Fsp3) is 0.273. The Hall–Kier alpha value is -3.48. The molecule has 3 rings (SSSR count). The van der Waals surface area contributed by atoms with E-state index in [1.54, 1.807) is 55.5 Å². The van der Waals surface area contributed by atoms with E-state index in [1.165, 1.54) is 0 Å². The lowest BCUT2D eigenvalue weighted by molar-refractivity contribution is -0.131. The molecule has 0 saturated carbocycles. The van der Waals surface area contributed by atoms with Gasteiger partial charge in [-0.1, -0.05) is 44.2 Å². The lowest BCUT2D eigenvalue weighted by Gasteiger charge is -2.25. The minimum Gasteiger partial charge on any atom is -0.326 e. The van der Waals surface area contributed by atoms with Crippen LogP contribution in [0.15, 0.2) is 54.6 Å². The Morgan fingerprint density at radius 3 is 2.24 bits per heavy atom. The predicted molar refractivity (Wildman–Crippen MR) is 108 cm³/mol. The number of carbonyl (C=O) groups is 4. The van der Waals surface area contributed by atoms with E-state index in [4.69, 9.17) is 0 Å². The van der Waals surface area contributed by atoms with Crippen molar-refractivity contribution < 1.29 is 19.2 Å². The summed E-state index contributed by atoms with van der Waals surface area (Å²) in [6.45, 7) is 3.22. The summed E-state index contributed by atoms with van der Waals surface area (Å²) in [5.41, 5.74) is 0.463. The van der Waals surface area contributed by atoms with Crippen molar-refractivity contribution in [1.82, 2.24) is 10.2 Å². The van der Waals surface area contributed by atoms with Gasteiger partial charge in [-0.25, -0.2) is 4.79 Å². The lowest BCUT2D eigenvalue weighted by Crippen LogP contribution is -2.43. The van der Waals surface area contributed by atoms with Crippen LogP contribution in [0, 0.1) is 0 Å². The van der Waals surface area contributed by atoms with E-state index in [0.29, 0.717) is 29.7 Å². The highest BCUT2D eigenvalue weighted by atomic mass is 16.2. The summed E-state index contributed by atoms with van der Waals surface area (Å²) >= 11 is 0. The van der Waals surface area contributed by atoms with Gasteiger partial charge in [-0.05, 0) is 36.2 Å². The van der Waals surface area contributed by atoms with E-state index in [1.807, 2.05) is 13.0 Å². The highest BCUT2D eigenvalue weighted by Crippen LogP contribution is 2.32. The van der Waals surface area contributed by atoms with E-state index >= 15 is 0 Å². The molecule has 2 aromatic rings. The second-order valence-electron chi connectivity index (χ2n) is 6.85. The highest BCUT2D eigenvalue weighted by Gasteiger charge is 2.51. The minimum absolute atomic E-state index is 0.125. The number of anilines is 1. The maximum atomic E-state index is 13.1. The van der Waals surface area contributed by atoms with Gasteiger partial charge in [-0.15, -0.1) is 0 Å². The number of urea groups is 1. The van der Waals surface area contributed by atoms with Gasteiger partial charge in [0.05, 0.1) is 6.54 Å². The number of imide groups is 1. The summed E-state index contributed by atoms with van der Waals surface area (Å²) in [6.07, 6.45) is 0.728. The Kier molecular flexibility index (Phi) is 5.77. The Labute approximate surface area is 169 Å². The van der Waals surface area contributed by atoms with E-state index in [-0.39, 0.29) is 18.2 Å². The van der Waals surface area contributed by atoms with Crippen LogP contribution >= 0.6 is 0 Å². The molecule has 0 aromatic heterocycles. The first-order valence-corrected chi connectivity index (χ1v) is 9.54. The number of hydrogen-bond donors (Lipinski definition) is 2. The summed E-state index contributed by atoms with van der Waals surface area (Å²) in [7, 11) is 0. The van der Waals surface area contributed by atoms with Crippen molar-refractivity contribution in [3.05, 3.63) is 65.7 Å². The molecule has 29 heavy (non-hydrogen) atoms. The van der Waals surface area contributed by atoms with Crippen molar-refractivity contribution >= 4 is 29.3 Å². The van der Waals surface area contributed by atoms with Crippen molar-refractivity contribution in [2.75, 3.05) is 11.9 Å².